The number of nitrogens with zero attached hydrogens (tertiary/aromatic N) is 2. The summed E-state index contributed by atoms with van der Waals surface area (Å²) < 4.78 is 2.50. The van der Waals surface area contributed by atoms with Gasteiger partial charge in [-0.2, -0.15) is 0 Å². The van der Waals surface area contributed by atoms with Crippen molar-refractivity contribution in [3.63, 3.8) is 0 Å². The van der Waals surface area contributed by atoms with E-state index in [1.807, 2.05) is 0 Å². The van der Waals surface area contributed by atoms with Crippen LogP contribution >= 0.6 is 0 Å². The first kappa shape index (κ1) is 28.6. The van der Waals surface area contributed by atoms with E-state index < -0.39 is 0 Å². The lowest BCUT2D eigenvalue weighted by Gasteiger charge is -2.39. The monoisotopic (exact) mass is 570 g/mol. The molecule has 2 aliphatic rings. The highest BCUT2D eigenvalue weighted by Crippen LogP contribution is 2.50. The van der Waals surface area contributed by atoms with Crippen LogP contribution in [0.4, 0.5) is 0 Å². The molecule has 2 nitrogen and oxygen atoms in total. The van der Waals surface area contributed by atoms with Gasteiger partial charge in [0, 0.05) is 16.3 Å². The molecule has 0 amide bonds. The molecule has 0 N–H and O–H groups in total. The Morgan fingerprint density at radius 2 is 1.05 bits per heavy atom. The normalized spacial score (nSPS) is 23.8. The number of imidazole rings is 1. The lowest BCUT2D eigenvalue weighted by molar-refractivity contribution is 0.168. The van der Waals surface area contributed by atoms with Crippen molar-refractivity contribution in [2.24, 2.45) is 22.7 Å². The highest BCUT2D eigenvalue weighted by molar-refractivity contribution is 6.12. The van der Waals surface area contributed by atoms with E-state index in [-0.39, 0.29) is 0 Å². The Morgan fingerprint density at radius 1 is 0.558 bits per heavy atom. The second-order valence-corrected chi connectivity index (χ2v) is 16.0. The second kappa shape index (κ2) is 10.8. The van der Waals surface area contributed by atoms with E-state index in [4.69, 9.17) is 4.98 Å². The molecule has 0 bridgehead atoms. The Balaban J connectivity index is 1.41. The van der Waals surface area contributed by atoms with Gasteiger partial charge in [0.05, 0.1) is 17.4 Å². The standard InChI is InChI=1S/C41H50N2/c1-40(2,3)29-22-18-27(19-23-29)31-15-11-16-32(28-20-24-30(25-21-28)41(4,5)6)38(31)37-26-42-39-35-14-8-7-12-33(35)34-13-9-10-17-36(34)43(37)39/h7-17,26-30H,18-25H2,1-6H3. The molecule has 2 heteroatoms. The van der Waals surface area contributed by atoms with Crippen molar-refractivity contribution in [2.45, 2.75) is 105 Å². The molecule has 7 rings (SSSR count). The fraction of sp³-hybridized carbons (Fsp3) is 0.488. The third-order valence-electron chi connectivity index (χ3n) is 11.5. The zero-order valence-corrected chi connectivity index (χ0v) is 27.3. The summed E-state index contributed by atoms with van der Waals surface area (Å²) in [7, 11) is 0. The summed E-state index contributed by atoms with van der Waals surface area (Å²) in [6.45, 7) is 14.6. The van der Waals surface area contributed by atoms with Gasteiger partial charge in [0.1, 0.15) is 5.65 Å². The van der Waals surface area contributed by atoms with Gasteiger partial charge in [0.2, 0.25) is 0 Å². The minimum absolute atomic E-state index is 0.392. The minimum Gasteiger partial charge on any atom is -0.292 e. The van der Waals surface area contributed by atoms with E-state index in [1.165, 1.54) is 84.3 Å². The van der Waals surface area contributed by atoms with Crippen molar-refractivity contribution in [1.29, 1.82) is 0 Å². The SMILES string of the molecule is CC(C)(C)C1CCC(c2cccc(C3CCC(C(C)(C)C)CC3)c2-c2cnc3c4ccccc4c4ccccc4n23)CC1. The van der Waals surface area contributed by atoms with Gasteiger partial charge < -0.3 is 0 Å². The van der Waals surface area contributed by atoms with Gasteiger partial charge in [-0.05, 0) is 108 Å². The Bertz CT molecular complexity index is 1710. The van der Waals surface area contributed by atoms with E-state index in [0.717, 1.165) is 17.5 Å². The molecule has 3 aromatic carbocycles. The minimum atomic E-state index is 0.392. The maximum atomic E-state index is 5.20. The Morgan fingerprint density at radius 3 is 1.58 bits per heavy atom. The van der Waals surface area contributed by atoms with Crippen LogP contribution < -0.4 is 0 Å². The summed E-state index contributed by atoms with van der Waals surface area (Å²) in [4.78, 5) is 5.20. The van der Waals surface area contributed by atoms with E-state index in [9.17, 15) is 0 Å². The summed E-state index contributed by atoms with van der Waals surface area (Å²) in [5.74, 6) is 2.84. The smallest absolute Gasteiger partial charge is 0.145 e. The first-order valence-electron chi connectivity index (χ1n) is 17.0. The van der Waals surface area contributed by atoms with E-state index >= 15 is 0 Å². The zero-order valence-electron chi connectivity index (χ0n) is 27.3. The number of pyridine rings is 1. The highest BCUT2D eigenvalue weighted by atomic mass is 15.0. The number of hydrogen-bond acceptors (Lipinski definition) is 1. The average Bonchev–Trinajstić information content (AvgIpc) is 3.46. The Labute approximate surface area is 258 Å². The average molecular weight is 571 g/mol. The maximum Gasteiger partial charge on any atom is 0.145 e. The third kappa shape index (κ3) is 5.09. The van der Waals surface area contributed by atoms with Crippen LogP contribution in [-0.2, 0) is 0 Å². The predicted molar refractivity (Wildman–Crippen MR) is 184 cm³/mol. The van der Waals surface area contributed by atoms with E-state index in [2.05, 4.69) is 119 Å². The van der Waals surface area contributed by atoms with Crippen molar-refractivity contribution in [3.05, 3.63) is 84.1 Å². The number of rotatable bonds is 3. The number of para-hydroxylation sites is 1. The number of fused-ring (bicyclic) bond motifs is 6. The van der Waals surface area contributed by atoms with Crippen LogP contribution in [0.25, 0.3) is 38.6 Å². The molecule has 0 unspecified atom stereocenters. The van der Waals surface area contributed by atoms with Gasteiger partial charge in [-0.1, -0.05) is 102 Å². The highest BCUT2D eigenvalue weighted by Gasteiger charge is 2.35. The van der Waals surface area contributed by atoms with Crippen molar-refractivity contribution >= 4 is 27.3 Å². The molecule has 2 heterocycles. The summed E-state index contributed by atoms with van der Waals surface area (Å²) in [5, 5.41) is 3.83. The molecular formula is C41H50N2. The molecule has 0 saturated heterocycles. The Hall–Kier alpha value is -3.13. The number of aromatic nitrogens is 2. The molecule has 43 heavy (non-hydrogen) atoms. The molecule has 5 aromatic rings. The van der Waals surface area contributed by atoms with Crippen molar-refractivity contribution in [3.8, 4) is 11.3 Å². The molecule has 2 aromatic heterocycles. The number of benzene rings is 3. The van der Waals surface area contributed by atoms with Crippen LogP contribution in [0.1, 0.15) is 116 Å². The van der Waals surface area contributed by atoms with Crippen molar-refractivity contribution in [2.75, 3.05) is 0 Å². The predicted octanol–water partition coefficient (Wildman–Crippen LogP) is 11.9. The maximum absolute atomic E-state index is 5.20. The van der Waals surface area contributed by atoms with Crippen LogP contribution in [0.5, 0.6) is 0 Å². The zero-order chi connectivity index (χ0) is 29.9. The summed E-state index contributed by atoms with van der Waals surface area (Å²) >= 11 is 0. The van der Waals surface area contributed by atoms with Gasteiger partial charge in [-0.15, -0.1) is 0 Å². The molecule has 2 fully saturated rings. The third-order valence-corrected chi connectivity index (χ3v) is 11.5. The van der Waals surface area contributed by atoms with Gasteiger partial charge in [-0.25, -0.2) is 4.98 Å². The second-order valence-electron chi connectivity index (χ2n) is 16.0. The fourth-order valence-corrected chi connectivity index (χ4v) is 8.88. The first-order valence-corrected chi connectivity index (χ1v) is 17.0. The molecule has 0 spiro atoms. The summed E-state index contributed by atoms with van der Waals surface area (Å²) in [6.07, 6.45) is 12.7. The quantitative estimate of drug-likeness (QED) is 0.197. The van der Waals surface area contributed by atoms with Crippen LogP contribution in [0, 0.1) is 22.7 Å². The molecular weight excluding hydrogens is 520 g/mol. The molecule has 2 aliphatic carbocycles. The summed E-state index contributed by atoms with van der Waals surface area (Å²) in [5.41, 5.74) is 9.05. The van der Waals surface area contributed by atoms with E-state index in [1.54, 1.807) is 11.1 Å². The van der Waals surface area contributed by atoms with Crippen LogP contribution in [0.3, 0.4) is 0 Å². The van der Waals surface area contributed by atoms with Crippen LogP contribution in [-0.4, -0.2) is 9.38 Å². The van der Waals surface area contributed by atoms with Gasteiger partial charge in [0.15, 0.2) is 0 Å². The van der Waals surface area contributed by atoms with Crippen LogP contribution in [0.2, 0.25) is 0 Å². The van der Waals surface area contributed by atoms with Gasteiger partial charge in [0.25, 0.3) is 0 Å². The topological polar surface area (TPSA) is 17.3 Å². The molecule has 0 aliphatic heterocycles. The van der Waals surface area contributed by atoms with Gasteiger partial charge in [-0.3, -0.25) is 4.40 Å². The summed E-state index contributed by atoms with van der Waals surface area (Å²) in [6, 6.07) is 25.1. The lowest BCUT2D eigenvalue weighted by Crippen LogP contribution is -2.26. The largest absolute Gasteiger partial charge is 0.292 e. The Kier molecular flexibility index (Phi) is 7.19. The number of hydrogen-bond donors (Lipinski definition) is 0. The lowest BCUT2D eigenvalue weighted by atomic mass is 9.66. The van der Waals surface area contributed by atoms with Gasteiger partial charge >= 0.3 is 0 Å². The van der Waals surface area contributed by atoms with Crippen LogP contribution in [0.15, 0.2) is 72.9 Å². The van der Waals surface area contributed by atoms with Crippen molar-refractivity contribution < 1.29 is 0 Å². The first-order chi connectivity index (χ1) is 20.6. The molecule has 2 saturated carbocycles. The molecule has 224 valence electrons. The van der Waals surface area contributed by atoms with Crippen molar-refractivity contribution in [1.82, 2.24) is 9.38 Å². The molecule has 0 radical (unpaired) electrons. The van der Waals surface area contributed by atoms with E-state index in [0.29, 0.717) is 22.7 Å². The fourth-order valence-electron chi connectivity index (χ4n) is 8.88. The molecule has 0 atom stereocenters.